The number of rotatable bonds is 4. The van der Waals surface area contributed by atoms with Crippen LogP contribution in [0, 0.1) is 6.92 Å². The zero-order valence-corrected chi connectivity index (χ0v) is 12.1. The summed E-state index contributed by atoms with van der Waals surface area (Å²) in [6.45, 7) is 2.33. The Morgan fingerprint density at radius 2 is 2.05 bits per heavy atom. The average molecular weight is 320 g/mol. The first-order chi connectivity index (χ1) is 9.06. The van der Waals surface area contributed by atoms with Crippen molar-refractivity contribution in [3.05, 3.63) is 63.6 Å². The van der Waals surface area contributed by atoms with E-state index in [1.54, 1.807) is 6.07 Å². The average Bonchev–Trinajstić information content (AvgIpc) is 2.36. The molecule has 0 aliphatic rings. The van der Waals surface area contributed by atoms with Crippen LogP contribution in [0.1, 0.15) is 21.5 Å². The second kappa shape index (κ2) is 5.89. The van der Waals surface area contributed by atoms with Crippen LogP contribution in [0.15, 0.2) is 46.9 Å². The minimum Gasteiger partial charge on any atom is -0.488 e. The van der Waals surface area contributed by atoms with Gasteiger partial charge in [0.05, 0.1) is 5.56 Å². The number of ether oxygens (including phenoxy) is 1. The molecule has 98 valence electrons. The third-order valence-electron chi connectivity index (χ3n) is 2.69. The summed E-state index contributed by atoms with van der Waals surface area (Å²) in [5, 5.41) is 0. The van der Waals surface area contributed by atoms with Crippen LogP contribution in [-0.2, 0) is 6.61 Å². The Morgan fingerprint density at radius 1 is 1.26 bits per heavy atom. The Kier molecular flexibility index (Phi) is 4.22. The molecule has 0 aromatic heterocycles. The third kappa shape index (κ3) is 3.58. The summed E-state index contributed by atoms with van der Waals surface area (Å²) in [6.07, 6.45) is 0. The molecule has 0 radical (unpaired) electrons. The maximum Gasteiger partial charge on any atom is 0.252 e. The van der Waals surface area contributed by atoms with Crippen LogP contribution in [-0.4, -0.2) is 5.91 Å². The number of hydrogen-bond donors (Lipinski definition) is 1. The van der Waals surface area contributed by atoms with Crippen LogP contribution in [0.5, 0.6) is 5.75 Å². The molecule has 1 amide bonds. The Hall–Kier alpha value is -1.81. The van der Waals surface area contributed by atoms with E-state index in [1.807, 2.05) is 43.3 Å². The van der Waals surface area contributed by atoms with Gasteiger partial charge in [0.1, 0.15) is 12.4 Å². The van der Waals surface area contributed by atoms with E-state index in [9.17, 15) is 4.79 Å². The SMILES string of the molecule is Cc1ccc(C(N)=O)c(OCc2cccc(Br)c2)c1. The van der Waals surface area contributed by atoms with Crippen molar-refractivity contribution in [1.29, 1.82) is 0 Å². The zero-order valence-electron chi connectivity index (χ0n) is 10.5. The van der Waals surface area contributed by atoms with Gasteiger partial charge in [0.25, 0.3) is 5.91 Å². The highest BCUT2D eigenvalue weighted by atomic mass is 79.9. The largest absolute Gasteiger partial charge is 0.488 e. The first-order valence-electron chi connectivity index (χ1n) is 5.84. The molecule has 0 aliphatic heterocycles. The number of hydrogen-bond acceptors (Lipinski definition) is 2. The van der Waals surface area contributed by atoms with Gasteiger partial charge in [-0.25, -0.2) is 0 Å². The van der Waals surface area contributed by atoms with Crippen molar-refractivity contribution in [2.75, 3.05) is 0 Å². The topological polar surface area (TPSA) is 52.3 Å². The molecule has 0 unspecified atom stereocenters. The number of aryl methyl sites for hydroxylation is 1. The van der Waals surface area contributed by atoms with Gasteiger partial charge in [-0.15, -0.1) is 0 Å². The van der Waals surface area contributed by atoms with E-state index < -0.39 is 5.91 Å². The van der Waals surface area contributed by atoms with Crippen molar-refractivity contribution < 1.29 is 9.53 Å². The van der Waals surface area contributed by atoms with E-state index in [1.165, 1.54) is 0 Å². The Labute approximate surface area is 120 Å². The Balaban J connectivity index is 2.19. The fraction of sp³-hybridized carbons (Fsp3) is 0.133. The van der Waals surface area contributed by atoms with Crippen molar-refractivity contribution in [3.8, 4) is 5.75 Å². The van der Waals surface area contributed by atoms with E-state index in [2.05, 4.69) is 15.9 Å². The molecule has 0 fully saturated rings. The number of carbonyl (C=O) groups excluding carboxylic acids is 1. The third-order valence-corrected chi connectivity index (χ3v) is 3.18. The summed E-state index contributed by atoms with van der Waals surface area (Å²) in [4.78, 5) is 11.3. The predicted molar refractivity (Wildman–Crippen MR) is 78.2 cm³/mol. The molecular weight excluding hydrogens is 306 g/mol. The molecule has 0 atom stereocenters. The molecule has 0 bridgehead atoms. The minimum absolute atomic E-state index is 0.392. The van der Waals surface area contributed by atoms with E-state index in [0.29, 0.717) is 17.9 Å². The highest BCUT2D eigenvalue weighted by Gasteiger charge is 2.09. The molecule has 2 rings (SSSR count). The van der Waals surface area contributed by atoms with Crippen LogP contribution < -0.4 is 10.5 Å². The molecule has 0 heterocycles. The second-order valence-corrected chi connectivity index (χ2v) is 5.20. The van der Waals surface area contributed by atoms with Gasteiger partial charge in [0.15, 0.2) is 0 Å². The monoisotopic (exact) mass is 319 g/mol. The highest BCUT2D eigenvalue weighted by Crippen LogP contribution is 2.21. The quantitative estimate of drug-likeness (QED) is 0.938. The van der Waals surface area contributed by atoms with Crippen LogP contribution in [0.2, 0.25) is 0 Å². The van der Waals surface area contributed by atoms with Gasteiger partial charge in [-0.2, -0.15) is 0 Å². The van der Waals surface area contributed by atoms with Gasteiger partial charge in [0.2, 0.25) is 0 Å². The zero-order chi connectivity index (χ0) is 13.8. The molecule has 0 spiro atoms. The van der Waals surface area contributed by atoms with E-state index >= 15 is 0 Å². The first-order valence-corrected chi connectivity index (χ1v) is 6.63. The molecule has 19 heavy (non-hydrogen) atoms. The Bertz CT molecular complexity index is 611. The maximum absolute atomic E-state index is 11.3. The van der Waals surface area contributed by atoms with E-state index in [0.717, 1.165) is 15.6 Å². The summed E-state index contributed by atoms with van der Waals surface area (Å²) in [5.74, 6) is 0.0386. The van der Waals surface area contributed by atoms with Gasteiger partial charge < -0.3 is 10.5 Å². The van der Waals surface area contributed by atoms with E-state index in [4.69, 9.17) is 10.5 Å². The molecule has 2 aromatic rings. The minimum atomic E-state index is -0.482. The summed E-state index contributed by atoms with van der Waals surface area (Å²) >= 11 is 3.41. The fourth-order valence-electron chi connectivity index (χ4n) is 1.74. The second-order valence-electron chi connectivity index (χ2n) is 4.28. The summed E-state index contributed by atoms with van der Waals surface area (Å²) in [6, 6.07) is 13.2. The first kappa shape index (κ1) is 13.6. The van der Waals surface area contributed by atoms with Crippen molar-refractivity contribution in [3.63, 3.8) is 0 Å². The number of benzene rings is 2. The van der Waals surface area contributed by atoms with Crippen molar-refractivity contribution in [1.82, 2.24) is 0 Å². The van der Waals surface area contributed by atoms with Gasteiger partial charge in [-0.1, -0.05) is 34.1 Å². The van der Waals surface area contributed by atoms with Crippen LogP contribution in [0.25, 0.3) is 0 Å². The van der Waals surface area contributed by atoms with Crippen LogP contribution in [0.3, 0.4) is 0 Å². The van der Waals surface area contributed by atoms with Gasteiger partial charge >= 0.3 is 0 Å². The Morgan fingerprint density at radius 3 is 2.74 bits per heavy atom. The summed E-state index contributed by atoms with van der Waals surface area (Å²) < 4.78 is 6.69. The fourth-order valence-corrected chi connectivity index (χ4v) is 2.19. The van der Waals surface area contributed by atoms with Crippen LogP contribution in [0.4, 0.5) is 0 Å². The van der Waals surface area contributed by atoms with Crippen molar-refractivity contribution in [2.45, 2.75) is 13.5 Å². The van der Waals surface area contributed by atoms with Crippen molar-refractivity contribution in [2.24, 2.45) is 5.73 Å². The van der Waals surface area contributed by atoms with Gasteiger partial charge in [-0.05, 0) is 42.3 Å². The normalized spacial score (nSPS) is 10.2. The smallest absolute Gasteiger partial charge is 0.252 e. The number of nitrogens with two attached hydrogens (primary N) is 1. The molecular formula is C15H14BrNO2. The molecule has 2 N–H and O–H groups in total. The molecule has 3 nitrogen and oxygen atoms in total. The standard InChI is InChI=1S/C15H14BrNO2/c1-10-5-6-13(15(17)18)14(7-10)19-9-11-3-2-4-12(16)8-11/h2-8H,9H2,1H3,(H2,17,18). The molecule has 0 saturated carbocycles. The maximum atomic E-state index is 11.3. The lowest BCUT2D eigenvalue weighted by molar-refractivity contribution is 0.0996. The number of carbonyl (C=O) groups is 1. The lowest BCUT2D eigenvalue weighted by Gasteiger charge is -2.10. The number of primary amides is 1. The van der Waals surface area contributed by atoms with Gasteiger partial charge in [0, 0.05) is 4.47 Å². The number of amides is 1. The number of halogens is 1. The molecule has 4 heteroatoms. The molecule has 0 aliphatic carbocycles. The summed E-state index contributed by atoms with van der Waals surface area (Å²) in [7, 11) is 0. The predicted octanol–water partition coefficient (Wildman–Crippen LogP) is 3.44. The lowest BCUT2D eigenvalue weighted by atomic mass is 10.1. The van der Waals surface area contributed by atoms with Crippen LogP contribution >= 0.6 is 15.9 Å². The molecule has 2 aromatic carbocycles. The van der Waals surface area contributed by atoms with E-state index in [-0.39, 0.29) is 0 Å². The summed E-state index contributed by atoms with van der Waals surface area (Å²) in [5.41, 5.74) is 7.78. The lowest BCUT2D eigenvalue weighted by Crippen LogP contribution is -2.13. The van der Waals surface area contributed by atoms with Gasteiger partial charge in [-0.3, -0.25) is 4.79 Å². The van der Waals surface area contributed by atoms with Crippen molar-refractivity contribution >= 4 is 21.8 Å². The highest BCUT2D eigenvalue weighted by molar-refractivity contribution is 9.10. The molecule has 0 saturated heterocycles.